The van der Waals surface area contributed by atoms with Crippen LogP contribution in [-0.2, 0) is 0 Å². The summed E-state index contributed by atoms with van der Waals surface area (Å²) in [5, 5.41) is 11.6. The van der Waals surface area contributed by atoms with Crippen LogP contribution in [0.2, 0.25) is 0 Å². The van der Waals surface area contributed by atoms with E-state index < -0.39 is 6.61 Å². The molecule has 0 aliphatic heterocycles. The number of alkyl halides is 2. The number of halogens is 2. The van der Waals surface area contributed by atoms with E-state index in [1.807, 2.05) is 0 Å². The average Bonchev–Trinajstić information content (AvgIpc) is 2.30. The van der Waals surface area contributed by atoms with Gasteiger partial charge in [0, 0.05) is 13.2 Å². The van der Waals surface area contributed by atoms with Gasteiger partial charge in [0.25, 0.3) is 0 Å². The van der Waals surface area contributed by atoms with Gasteiger partial charge in [0.15, 0.2) is 0 Å². The zero-order valence-corrected chi connectivity index (χ0v) is 9.53. The normalized spacial score (nSPS) is 10.6. The number of ether oxygens (including phenoxy) is 1. The number of hydrogen-bond donors (Lipinski definition) is 2. The Bertz CT molecular complexity index is 321. The van der Waals surface area contributed by atoms with Crippen molar-refractivity contribution in [2.45, 2.75) is 25.9 Å². The minimum absolute atomic E-state index is 0.157. The van der Waals surface area contributed by atoms with Crippen LogP contribution in [0.5, 0.6) is 5.75 Å². The number of para-hydroxylation sites is 2. The molecule has 0 heterocycles. The summed E-state index contributed by atoms with van der Waals surface area (Å²) in [4.78, 5) is 0. The Morgan fingerprint density at radius 2 is 1.94 bits per heavy atom. The predicted octanol–water partition coefficient (Wildman–Crippen LogP) is 2.86. The van der Waals surface area contributed by atoms with Crippen molar-refractivity contribution < 1.29 is 18.6 Å². The maximum Gasteiger partial charge on any atom is 0.387 e. The monoisotopic (exact) mass is 245 g/mol. The first-order chi connectivity index (χ1) is 8.24. The van der Waals surface area contributed by atoms with Gasteiger partial charge in [-0.25, -0.2) is 0 Å². The molecule has 3 nitrogen and oxygen atoms in total. The van der Waals surface area contributed by atoms with Gasteiger partial charge in [0.2, 0.25) is 0 Å². The zero-order chi connectivity index (χ0) is 12.5. The second-order valence-corrected chi connectivity index (χ2v) is 3.59. The van der Waals surface area contributed by atoms with Crippen LogP contribution < -0.4 is 10.1 Å². The minimum atomic E-state index is -2.81. The molecule has 5 heteroatoms. The molecule has 0 amide bonds. The van der Waals surface area contributed by atoms with Crippen molar-refractivity contribution in [1.29, 1.82) is 0 Å². The van der Waals surface area contributed by atoms with Crippen molar-refractivity contribution >= 4 is 5.69 Å². The summed E-state index contributed by atoms with van der Waals surface area (Å²) >= 11 is 0. The molecule has 0 aromatic heterocycles. The maximum absolute atomic E-state index is 12.1. The van der Waals surface area contributed by atoms with Crippen molar-refractivity contribution in [2.24, 2.45) is 0 Å². The van der Waals surface area contributed by atoms with Crippen molar-refractivity contribution in [3.8, 4) is 5.75 Å². The highest BCUT2D eigenvalue weighted by Crippen LogP contribution is 2.25. The number of hydrogen-bond acceptors (Lipinski definition) is 3. The molecule has 17 heavy (non-hydrogen) atoms. The van der Waals surface area contributed by atoms with E-state index >= 15 is 0 Å². The Kier molecular flexibility index (Phi) is 6.32. The molecule has 0 spiro atoms. The largest absolute Gasteiger partial charge is 0.433 e. The van der Waals surface area contributed by atoms with Crippen LogP contribution in [0.15, 0.2) is 24.3 Å². The number of nitrogens with one attached hydrogen (secondary N) is 1. The lowest BCUT2D eigenvalue weighted by Crippen LogP contribution is -2.07. The SMILES string of the molecule is OCCCCCNc1ccccc1OC(F)F. The molecule has 0 atom stereocenters. The molecule has 1 aromatic rings. The van der Waals surface area contributed by atoms with E-state index in [1.165, 1.54) is 6.07 Å². The second kappa shape index (κ2) is 7.84. The third kappa shape index (κ3) is 5.49. The van der Waals surface area contributed by atoms with E-state index in [4.69, 9.17) is 5.11 Å². The molecule has 2 N–H and O–H groups in total. The van der Waals surface area contributed by atoms with Crippen molar-refractivity contribution in [2.75, 3.05) is 18.5 Å². The lowest BCUT2D eigenvalue weighted by atomic mass is 10.2. The van der Waals surface area contributed by atoms with Gasteiger partial charge in [-0.2, -0.15) is 8.78 Å². The average molecular weight is 245 g/mol. The molecule has 0 fully saturated rings. The van der Waals surface area contributed by atoms with Crippen molar-refractivity contribution in [1.82, 2.24) is 0 Å². The molecule has 0 aliphatic carbocycles. The summed E-state index contributed by atoms with van der Waals surface area (Å²) in [5.74, 6) is 0.157. The van der Waals surface area contributed by atoms with Crippen LogP contribution in [-0.4, -0.2) is 24.9 Å². The van der Waals surface area contributed by atoms with Crippen LogP contribution in [0.3, 0.4) is 0 Å². The highest BCUT2D eigenvalue weighted by Gasteiger charge is 2.08. The smallest absolute Gasteiger partial charge is 0.387 e. The molecule has 0 bridgehead atoms. The number of rotatable bonds is 8. The van der Waals surface area contributed by atoms with Gasteiger partial charge in [-0.1, -0.05) is 12.1 Å². The van der Waals surface area contributed by atoms with Gasteiger partial charge >= 0.3 is 6.61 Å². The Morgan fingerprint density at radius 3 is 2.65 bits per heavy atom. The number of unbranched alkanes of at least 4 members (excludes halogenated alkanes) is 2. The van der Waals surface area contributed by atoms with Gasteiger partial charge in [0.1, 0.15) is 5.75 Å². The van der Waals surface area contributed by atoms with Gasteiger partial charge < -0.3 is 15.2 Å². The summed E-state index contributed by atoms with van der Waals surface area (Å²) in [7, 11) is 0. The van der Waals surface area contributed by atoms with Crippen molar-refractivity contribution in [3.05, 3.63) is 24.3 Å². The van der Waals surface area contributed by atoms with Gasteiger partial charge in [0.05, 0.1) is 5.69 Å². The molecule has 0 saturated carbocycles. The first-order valence-electron chi connectivity index (χ1n) is 5.62. The molecule has 0 aliphatic rings. The second-order valence-electron chi connectivity index (χ2n) is 3.59. The molecule has 0 radical (unpaired) electrons. The molecular formula is C12H17F2NO2. The lowest BCUT2D eigenvalue weighted by Gasteiger charge is -2.12. The minimum Gasteiger partial charge on any atom is -0.433 e. The molecule has 0 unspecified atom stereocenters. The van der Waals surface area contributed by atoms with E-state index in [0.717, 1.165) is 19.3 Å². The van der Waals surface area contributed by atoms with E-state index in [2.05, 4.69) is 10.1 Å². The standard InChI is InChI=1S/C12H17F2NO2/c13-12(14)17-11-7-3-2-6-10(11)15-8-4-1-5-9-16/h2-3,6-7,12,15-16H,1,4-5,8-9H2. The summed E-state index contributed by atoms with van der Waals surface area (Å²) in [5.41, 5.74) is 0.566. The summed E-state index contributed by atoms with van der Waals surface area (Å²) in [6.45, 7) is -1.96. The lowest BCUT2D eigenvalue weighted by molar-refractivity contribution is -0.0493. The van der Waals surface area contributed by atoms with E-state index in [0.29, 0.717) is 12.2 Å². The molecular weight excluding hydrogens is 228 g/mol. The summed E-state index contributed by atoms with van der Waals surface area (Å²) in [6.07, 6.45) is 2.54. The fraction of sp³-hybridized carbons (Fsp3) is 0.500. The first kappa shape index (κ1) is 13.7. The Hall–Kier alpha value is -1.36. The number of aliphatic hydroxyl groups excluding tert-OH is 1. The van der Waals surface area contributed by atoms with Crippen LogP contribution in [0.25, 0.3) is 0 Å². The van der Waals surface area contributed by atoms with Crippen LogP contribution in [0.4, 0.5) is 14.5 Å². The van der Waals surface area contributed by atoms with E-state index in [-0.39, 0.29) is 12.4 Å². The van der Waals surface area contributed by atoms with Gasteiger partial charge in [-0.3, -0.25) is 0 Å². The highest BCUT2D eigenvalue weighted by molar-refractivity contribution is 5.56. The van der Waals surface area contributed by atoms with E-state index in [1.54, 1.807) is 18.2 Å². The van der Waals surface area contributed by atoms with Crippen LogP contribution in [0, 0.1) is 0 Å². The zero-order valence-electron chi connectivity index (χ0n) is 9.53. The first-order valence-corrected chi connectivity index (χ1v) is 5.62. The highest BCUT2D eigenvalue weighted by atomic mass is 19.3. The molecule has 0 saturated heterocycles. The van der Waals surface area contributed by atoms with Gasteiger partial charge in [-0.15, -0.1) is 0 Å². The Labute approximate surface area is 99.4 Å². The number of aliphatic hydroxyl groups is 1. The fourth-order valence-electron chi connectivity index (χ4n) is 1.45. The van der Waals surface area contributed by atoms with E-state index in [9.17, 15) is 8.78 Å². The van der Waals surface area contributed by atoms with Crippen molar-refractivity contribution in [3.63, 3.8) is 0 Å². The Balaban J connectivity index is 2.40. The quantitative estimate of drug-likeness (QED) is 0.692. The number of anilines is 1. The third-order valence-corrected chi connectivity index (χ3v) is 2.25. The fourth-order valence-corrected chi connectivity index (χ4v) is 1.45. The maximum atomic E-state index is 12.1. The predicted molar refractivity (Wildman–Crippen MR) is 62.5 cm³/mol. The Morgan fingerprint density at radius 1 is 1.18 bits per heavy atom. The number of benzene rings is 1. The molecule has 1 rings (SSSR count). The summed E-state index contributed by atoms with van der Waals surface area (Å²) < 4.78 is 28.6. The molecule has 1 aromatic carbocycles. The topological polar surface area (TPSA) is 41.5 Å². The van der Waals surface area contributed by atoms with Crippen LogP contribution >= 0.6 is 0 Å². The third-order valence-electron chi connectivity index (χ3n) is 2.25. The van der Waals surface area contributed by atoms with Crippen LogP contribution in [0.1, 0.15) is 19.3 Å². The van der Waals surface area contributed by atoms with Gasteiger partial charge in [-0.05, 0) is 31.4 Å². The summed E-state index contributed by atoms with van der Waals surface area (Å²) in [6, 6.07) is 6.61. The molecule has 96 valence electrons.